The fourth-order valence-electron chi connectivity index (χ4n) is 2.79. The molecule has 0 aromatic carbocycles. The summed E-state index contributed by atoms with van der Waals surface area (Å²) in [4.78, 5) is 18.2. The number of ether oxygens (including phenoxy) is 1. The van der Waals surface area contributed by atoms with E-state index in [-0.39, 0.29) is 6.10 Å². The van der Waals surface area contributed by atoms with Crippen LogP contribution in [0.2, 0.25) is 0 Å². The Morgan fingerprint density at radius 2 is 1.88 bits per heavy atom. The second-order valence-electron chi connectivity index (χ2n) is 6.32. The zero-order valence-corrected chi connectivity index (χ0v) is 14.9. The summed E-state index contributed by atoms with van der Waals surface area (Å²) < 4.78 is 7.73. The highest BCUT2D eigenvalue weighted by atomic mass is 16.5. The molecule has 0 radical (unpaired) electrons. The number of aromatic nitrogens is 5. The van der Waals surface area contributed by atoms with Gasteiger partial charge in [0.2, 0.25) is 0 Å². The number of hydrogen-bond donors (Lipinski definition) is 0. The molecule has 0 fully saturated rings. The van der Waals surface area contributed by atoms with Crippen LogP contribution in [0.25, 0.3) is 28.4 Å². The van der Waals surface area contributed by atoms with Crippen molar-refractivity contribution in [2.75, 3.05) is 0 Å². The first-order chi connectivity index (χ1) is 12.6. The molecular weight excluding hydrogens is 326 g/mol. The number of pyridine rings is 3. The second-order valence-corrected chi connectivity index (χ2v) is 6.32. The molecule has 0 atom stereocenters. The van der Waals surface area contributed by atoms with E-state index < -0.39 is 0 Å². The van der Waals surface area contributed by atoms with Gasteiger partial charge in [-0.2, -0.15) is 0 Å². The molecule has 4 aromatic rings. The molecule has 6 nitrogen and oxygen atoms in total. The molecule has 0 amide bonds. The van der Waals surface area contributed by atoms with E-state index >= 15 is 0 Å². The normalized spacial score (nSPS) is 11.2. The molecule has 130 valence electrons. The molecule has 4 rings (SSSR count). The van der Waals surface area contributed by atoms with Gasteiger partial charge in [-0.05, 0) is 45.0 Å². The summed E-state index contributed by atoms with van der Waals surface area (Å²) in [5.41, 5.74) is 4.12. The van der Waals surface area contributed by atoms with Crippen molar-refractivity contribution in [2.24, 2.45) is 0 Å². The molecular formula is C20H19N5O. The van der Waals surface area contributed by atoms with Gasteiger partial charge in [-0.1, -0.05) is 6.07 Å². The van der Waals surface area contributed by atoms with Crippen molar-refractivity contribution >= 4 is 11.2 Å². The first-order valence-corrected chi connectivity index (χ1v) is 8.51. The predicted octanol–water partition coefficient (Wildman–Crippen LogP) is 3.97. The maximum atomic E-state index is 5.76. The van der Waals surface area contributed by atoms with Crippen LogP contribution >= 0.6 is 0 Å². The summed E-state index contributed by atoms with van der Waals surface area (Å²) in [7, 11) is 0. The monoisotopic (exact) mass is 345 g/mol. The summed E-state index contributed by atoms with van der Waals surface area (Å²) in [5.74, 6) is 1.42. The van der Waals surface area contributed by atoms with Gasteiger partial charge >= 0.3 is 0 Å². The van der Waals surface area contributed by atoms with Crippen LogP contribution in [-0.2, 0) is 0 Å². The maximum Gasteiger partial charge on any atom is 0.165 e. The first-order valence-electron chi connectivity index (χ1n) is 8.51. The third kappa shape index (κ3) is 3.01. The maximum absolute atomic E-state index is 5.76. The molecule has 0 saturated heterocycles. The molecule has 4 heterocycles. The van der Waals surface area contributed by atoms with E-state index in [9.17, 15) is 0 Å². The van der Waals surface area contributed by atoms with Gasteiger partial charge in [-0.25, -0.2) is 9.97 Å². The lowest BCUT2D eigenvalue weighted by atomic mass is 10.3. The topological polar surface area (TPSA) is 65.7 Å². The average Bonchev–Trinajstić information content (AvgIpc) is 3.01. The number of aryl methyl sites for hydroxylation is 1. The van der Waals surface area contributed by atoms with Crippen LogP contribution in [0.3, 0.4) is 0 Å². The van der Waals surface area contributed by atoms with Crippen LogP contribution in [0.4, 0.5) is 0 Å². The highest BCUT2D eigenvalue weighted by molar-refractivity contribution is 5.80. The van der Waals surface area contributed by atoms with E-state index in [1.165, 1.54) is 0 Å². The van der Waals surface area contributed by atoms with Crippen LogP contribution in [0, 0.1) is 6.92 Å². The Bertz CT molecular complexity index is 1040. The minimum atomic E-state index is 0.0768. The molecule has 26 heavy (non-hydrogen) atoms. The third-order valence-corrected chi connectivity index (χ3v) is 3.89. The molecule has 0 aliphatic rings. The van der Waals surface area contributed by atoms with E-state index in [0.717, 1.165) is 34.1 Å². The largest absolute Gasteiger partial charge is 0.489 e. The molecule has 0 aliphatic heterocycles. The number of imidazole rings is 1. The van der Waals surface area contributed by atoms with Crippen molar-refractivity contribution in [1.29, 1.82) is 0 Å². The lowest BCUT2D eigenvalue weighted by Crippen LogP contribution is -2.06. The molecule has 0 saturated carbocycles. The first kappa shape index (κ1) is 16.2. The predicted molar refractivity (Wildman–Crippen MR) is 100 cm³/mol. The van der Waals surface area contributed by atoms with E-state index in [4.69, 9.17) is 9.72 Å². The lowest BCUT2D eigenvalue weighted by Gasteiger charge is -2.10. The van der Waals surface area contributed by atoms with Crippen LogP contribution in [0.15, 0.2) is 55.0 Å². The highest BCUT2D eigenvalue weighted by Gasteiger charge is 2.17. The van der Waals surface area contributed by atoms with Gasteiger partial charge in [0.15, 0.2) is 11.5 Å². The van der Waals surface area contributed by atoms with Crippen molar-refractivity contribution in [2.45, 2.75) is 26.9 Å². The standard InChI is InChI=1S/C20H19N5O/c1-13(2)26-16-10-18-19(23-12-16)25(15-8-7-14(3)22-11-15)20(24-18)17-6-4-5-9-21-17/h4-13H,1-3H3. The van der Waals surface area contributed by atoms with Gasteiger partial charge in [0.25, 0.3) is 0 Å². The van der Waals surface area contributed by atoms with Crippen molar-refractivity contribution in [3.63, 3.8) is 0 Å². The molecule has 0 unspecified atom stereocenters. The van der Waals surface area contributed by atoms with Crippen molar-refractivity contribution in [3.05, 3.63) is 60.7 Å². The number of hydrogen-bond acceptors (Lipinski definition) is 5. The molecule has 0 bridgehead atoms. The van der Waals surface area contributed by atoms with Gasteiger partial charge in [-0.15, -0.1) is 0 Å². The summed E-state index contributed by atoms with van der Waals surface area (Å²) in [6.07, 6.45) is 5.38. The zero-order chi connectivity index (χ0) is 18.1. The van der Waals surface area contributed by atoms with Gasteiger partial charge in [0.1, 0.15) is 17.0 Å². The molecule has 0 spiro atoms. The van der Waals surface area contributed by atoms with Crippen LogP contribution in [0.5, 0.6) is 5.75 Å². The van der Waals surface area contributed by atoms with Gasteiger partial charge in [-0.3, -0.25) is 14.5 Å². The second kappa shape index (κ2) is 6.55. The minimum Gasteiger partial charge on any atom is -0.489 e. The molecule has 0 N–H and O–H groups in total. The summed E-state index contributed by atoms with van der Waals surface area (Å²) in [6, 6.07) is 11.7. The molecule has 0 aliphatic carbocycles. The zero-order valence-electron chi connectivity index (χ0n) is 14.9. The SMILES string of the molecule is Cc1ccc(-n2c(-c3ccccn3)nc3cc(OC(C)C)cnc32)cn1. The Morgan fingerprint density at radius 1 is 1.00 bits per heavy atom. The Labute approximate surface area is 151 Å². The minimum absolute atomic E-state index is 0.0768. The summed E-state index contributed by atoms with van der Waals surface area (Å²) in [5, 5.41) is 0. The quantitative estimate of drug-likeness (QED) is 0.560. The van der Waals surface area contributed by atoms with Gasteiger partial charge in [0, 0.05) is 18.0 Å². The van der Waals surface area contributed by atoms with Crippen molar-refractivity contribution in [1.82, 2.24) is 24.5 Å². The van der Waals surface area contributed by atoms with E-state index in [2.05, 4.69) is 15.0 Å². The highest BCUT2D eigenvalue weighted by Crippen LogP contribution is 2.28. The Hall–Kier alpha value is -3.28. The summed E-state index contributed by atoms with van der Waals surface area (Å²) >= 11 is 0. The number of nitrogens with zero attached hydrogens (tertiary/aromatic N) is 5. The fraction of sp³-hybridized carbons (Fsp3) is 0.200. The molecule has 6 heteroatoms. The Morgan fingerprint density at radius 3 is 2.58 bits per heavy atom. The number of rotatable bonds is 4. The Balaban J connectivity index is 1.95. The Kier molecular flexibility index (Phi) is 4.08. The van der Waals surface area contributed by atoms with Crippen molar-refractivity contribution < 1.29 is 4.74 Å². The smallest absolute Gasteiger partial charge is 0.165 e. The van der Waals surface area contributed by atoms with E-state index in [0.29, 0.717) is 5.75 Å². The van der Waals surface area contributed by atoms with E-state index in [1.54, 1.807) is 12.4 Å². The fourth-order valence-corrected chi connectivity index (χ4v) is 2.79. The molecule has 4 aromatic heterocycles. The van der Waals surface area contributed by atoms with Crippen LogP contribution < -0.4 is 4.74 Å². The van der Waals surface area contributed by atoms with Gasteiger partial charge < -0.3 is 4.74 Å². The summed E-state index contributed by atoms with van der Waals surface area (Å²) in [6.45, 7) is 5.93. The van der Waals surface area contributed by atoms with E-state index in [1.807, 2.05) is 67.9 Å². The van der Waals surface area contributed by atoms with Crippen LogP contribution in [0.1, 0.15) is 19.5 Å². The average molecular weight is 345 g/mol. The van der Waals surface area contributed by atoms with Crippen LogP contribution in [-0.4, -0.2) is 30.6 Å². The lowest BCUT2D eigenvalue weighted by molar-refractivity contribution is 0.242. The third-order valence-electron chi connectivity index (χ3n) is 3.89. The van der Waals surface area contributed by atoms with Crippen molar-refractivity contribution in [3.8, 4) is 23.0 Å². The van der Waals surface area contributed by atoms with Gasteiger partial charge in [0.05, 0.1) is 24.2 Å². The number of fused-ring (bicyclic) bond motifs is 1.